The Bertz CT molecular complexity index is 506. The van der Waals surface area contributed by atoms with E-state index in [-0.39, 0.29) is 17.9 Å². The van der Waals surface area contributed by atoms with Gasteiger partial charge in [-0.05, 0) is 43.7 Å². The van der Waals surface area contributed by atoms with Crippen LogP contribution in [0, 0.1) is 5.92 Å². The molecule has 2 atom stereocenters. The van der Waals surface area contributed by atoms with E-state index < -0.39 is 6.10 Å². The molecule has 0 aliphatic carbocycles. The molecule has 2 fully saturated rings. The number of H-pyrrole nitrogens is 1. The number of carbonyl (C=O) groups excluding carboxylic acids is 2. The third kappa shape index (κ3) is 2.95. The first-order valence-electron chi connectivity index (χ1n) is 7.52. The number of carbonyl (C=O) groups is 2. The quantitative estimate of drug-likeness (QED) is 0.867. The van der Waals surface area contributed by atoms with Crippen LogP contribution in [-0.4, -0.2) is 47.0 Å². The number of hydrogen-bond acceptors (Lipinski definition) is 3. The van der Waals surface area contributed by atoms with Crippen molar-refractivity contribution in [2.24, 2.45) is 11.7 Å². The summed E-state index contributed by atoms with van der Waals surface area (Å²) in [6.45, 7) is 1.48. The van der Waals surface area contributed by atoms with Crippen molar-refractivity contribution < 1.29 is 14.3 Å². The molecule has 6 nitrogen and oxygen atoms in total. The van der Waals surface area contributed by atoms with E-state index in [0.717, 1.165) is 38.8 Å². The minimum absolute atomic E-state index is 0.0563. The summed E-state index contributed by atoms with van der Waals surface area (Å²) in [6.07, 6.45) is 4.91. The lowest BCUT2D eigenvalue weighted by Crippen LogP contribution is -2.41. The number of ether oxygens (including phenoxy) is 1. The van der Waals surface area contributed by atoms with Crippen molar-refractivity contribution in [2.45, 2.75) is 37.9 Å². The third-order valence-corrected chi connectivity index (χ3v) is 4.55. The Morgan fingerprint density at radius 1 is 1.24 bits per heavy atom. The van der Waals surface area contributed by atoms with E-state index in [1.807, 2.05) is 11.0 Å². The van der Waals surface area contributed by atoms with Crippen molar-refractivity contribution in [2.75, 3.05) is 13.1 Å². The zero-order valence-corrected chi connectivity index (χ0v) is 12.0. The molecule has 6 heteroatoms. The van der Waals surface area contributed by atoms with E-state index in [9.17, 15) is 9.59 Å². The van der Waals surface area contributed by atoms with Crippen LogP contribution in [0.15, 0.2) is 18.3 Å². The maximum Gasteiger partial charge on any atom is 0.270 e. The number of primary amides is 1. The number of amides is 2. The molecule has 0 aromatic carbocycles. The van der Waals surface area contributed by atoms with Crippen LogP contribution in [0.25, 0.3) is 0 Å². The first-order chi connectivity index (χ1) is 10.1. The molecule has 21 heavy (non-hydrogen) atoms. The molecule has 1 aromatic rings. The molecule has 1 aromatic heterocycles. The highest BCUT2D eigenvalue weighted by atomic mass is 16.5. The molecule has 0 radical (unpaired) electrons. The largest absolute Gasteiger partial charge is 0.367 e. The minimum Gasteiger partial charge on any atom is -0.367 e. The van der Waals surface area contributed by atoms with Gasteiger partial charge in [0, 0.05) is 19.3 Å². The second-order valence-corrected chi connectivity index (χ2v) is 5.86. The van der Waals surface area contributed by atoms with E-state index in [2.05, 4.69) is 4.98 Å². The second-order valence-electron chi connectivity index (χ2n) is 5.86. The summed E-state index contributed by atoms with van der Waals surface area (Å²) in [6, 6.07) is 3.63. The Morgan fingerprint density at radius 3 is 2.57 bits per heavy atom. The third-order valence-electron chi connectivity index (χ3n) is 4.55. The topological polar surface area (TPSA) is 88.4 Å². The van der Waals surface area contributed by atoms with Crippen molar-refractivity contribution in [3.8, 4) is 0 Å². The fourth-order valence-electron chi connectivity index (χ4n) is 3.33. The standard InChI is InChI=1S/C15H21N3O3/c16-14(19)13-4-3-12(21-13)10-5-8-18(9-6-10)15(20)11-2-1-7-17-11/h1-2,7,10,12-13,17H,3-6,8-9H2,(H2,16,19)/t12-,13+/m0/s1. The predicted octanol–water partition coefficient (Wildman–Crippen LogP) is 0.900. The highest BCUT2D eigenvalue weighted by molar-refractivity contribution is 5.92. The molecule has 0 saturated carbocycles. The fourth-order valence-corrected chi connectivity index (χ4v) is 3.33. The monoisotopic (exact) mass is 291 g/mol. The van der Waals surface area contributed by atoms with Crippen LogP contribution in [0.1, 0.15) is 36.2 Å². The summed E-state index contributed by atoms with van der Waals surface area (Å²) in [5.74, 6) is 0.111. The van der Waals surface area contributed by atoms with E-state index in [4.69, 9.17) is 10.5 Å². The molecule has 2 saturated heterocycles. The van der Waals surface area contributed by atoms with Crippen LogP contribution in [0.4, 0.5) is 0 Å². The van der Waals surface area contributed by atoms with Crippen LogP contribution >= 0.6 is 0 Å². The number of aromatic amines is 1. The number of nitrogens with two attached hydrogens (primary N) is 1. The van der Waals surface area contributed by atoms with E-state index in [1.165, 1.54) is 0 Å². The number of aromatic nitrogens is 1. The average Bonchev–Trinajstić information content (AvgIpc) is 3.18. The Hall–Kier alpha value is -1.82. The number of nitrogens with one attached hydrogen (secondary N) is 1. The van der Waals surface area contributed by atoms with Gasteiger partial charge in [0.05, 0.1) is 6.10 Å². The molecule has 3 rings (SSSR count). The Balaban J connectivity index is 1.52. The van der Waals surface area contributed by atoms with Gasteiger partial charge in [0.15, 0.2) is 0 Å². The molecule has 0 unspecified atom stereocenters. The van der Waals surface area contributed by atoms with Crippen LogP contribution < -0.4 is 5.73 Å². The minimum atomic E-state index is -0.423. The van der Waals surface area contributed by atoms with E-state index >= 15 is 0 Å². The van der Waals surface area contributed by atoms with Crippen LogP contribution in [-0.2, 0) is 9.53 Å². The van der Waals surface area contributed by atoms with Crippen molar-refractivity contribution in [3.63, 3.8) is 0 Å². The van der Waals surface area contributed by atoms with Gasteiger partial charge in [-0.15, -0.1) is 0 Å². The first kappa shape index (κ1) is 14.1. The lowest BCUT2D eigenvalue weighted by molar-refractivity contribution is -0.130. The summed E-state index contributed by atoms with van der Waals surface area (Å²) in [5, 5.41) is 0. The summed E-state index contributed by atoms with van der Waals surface area (Å²) in [4.78, 5) is 28.2. The van der Waals surface area contributed by atoms with Crippen molar-refractivity contribution in [1.29, 1.82) is 0 Å². The fraction of sp³-hybridized carbons (Fsp3) is 0.600. The van der Waals surface area contributed by atoms with Gasteiger partial charge in [0.2, 0.25) is 5.91 Å². The molecule has 3 heterocycles. The van der Waals surface area contributed by atoms with Crippen LogP contribution in [0.2, 0.25) is 0 Å². The van der Waals surface area contributed by atoms with Gasteiger partial charge in [0.1, 0.15) is 11.8 Å². The summed E-state index contributed by atoms with van der Waals surface area (Å²) in [7, 11) is 0. The number of rotatable bonds is 3. The number of hydrogen-bond donors (Lipinski definition) is 2. The molecule has 0 bridgehead atoms. The molecule has 3 N–H and O–H groups in total. The maximum absolute atomic E-state index is 12.2. The molecule has 2 amide bonds. The number of piperidine rings is 1. The maximum atomic E-state index is 12.2. The van der Waals surface area contributed by atoms with Crippen LogP contribution in [0.3, 0.4) is 0 Å². The second kappa shape index (κ2) is 5.89. The van der Waals surface area contributed by atoms with Crippen molar-refractivity contribution >= 4 is 11.8 Å². The lowest BCUT2D eigenvalue weighted by atomic mass is 9.89. The van der Waals surface area contributed by atoms with E-state index in [0.29, 0.717) is 11.6 Å². The molecule has 2 aliphatic heterocycles. The smallest absolute Gasteiger partial charge is 0.270 e. The van der Waals surface area contributed by atoms with Gasteiger partial charge in [-0.1, -0.05) is 0 Å². The van der Waals surface area contributed by atoms with Crippen molar-refractivity contribution in [1.82, 2.24) is 9.88 Å². The highest BCUT2D eigenvalue weighted by Crippen LogP contribution is 2.32. The SMILES string of the molecule is NC(=O)[C@H]1CC[C@@H](C2CCN(C(=O)c3ccc[nH]3)CC2)O1. The average molecular weight is 291 g/mol. The van der Waals surface area contributed by atoms with Gasteiger partial charge >= 0.3 is 0 Å². The van der Waals surface area contributed by atoms with Gasteiger partial charge in [-0.2, -0.15) is 0 Å². The summed E-state index contributed by atoms with van der Waals surface area (Å²) >= 11 is 0. The lowest BCUT2D eigenvalue weighted by Gasteiger charge is -2.34. The van der Waals surface area contributed by atoms with Gasteiger partial charge in [0.25, 0.3) is 5.91 Å². The first-order valence-corrected chi connectivity index (χ1v) is 7.52. The molecule has 2 aliphatic rings. The summed E-state index contributed by atoms with van der Waals surface area (Å²) < 4.78 is 5.75. The molecule has 0 spiro atoms. The van der Waals surface area contributed by atoms with E-state index in [1.54, 1.807) is 12.3 Å². The Morgan fingerprint density at radius 2 is 2.00 bits per heavy atom. The zero-order chi connectivity index (χ0) is 14.8. The van der Waals surface area contributed by atoms with Gasteiger partial charge in [-0.25, -0.2) is 0 Å². The van der Waals surface area contributed by atoms with Crippen LogP contribution in [0.5, 0.6) is 0 Å². The Kier molecular flexibility index (Phi) is 3.96. The van der Waals surface area contributed by atoms with Gasteiger partial charge in [-0.3, -0.25) is 9.59 Å². The molecular formula is C15H21N3O3. The molecular weight excluding hydrogens is 270 g/mol. The molecule has 114 valence electrons. The van der Waals surface area contributed by atoms with Gasteiger partial charge < -0.3 is 20.4 Å². The number of nitrogens with zero attached hydrogens (tertiary/aromatic N) is 1. The Labute approximate surface area is 123 Å². The normalized spacial score (nSPS) is 27.0. The highest BCUT2D eigenvalue weighted by Gasteiger charge is 2.36. The zero-order valence-electron chi connectivity index (χ0n) is 12.0. The number of likely N-dealkylation sites (tertiary alicyclic amines) is 1. The summed E-state index contributed by atoms with van der Waals surface area (Å²) in [5.41, 5.74) is 5.92. The predicted molar refractivity (Wildman–Crippen MR) is 76.5 cm³/mol. The van der Waals surface area contributed by atoms with Crippen molar-refractivity contribution in [3.05, 3.63) is 24.0 Å².